The lowest BCUT2D eigenvalue weighted by Crippen LogP contribution is -2.48. The number of likely N-dealkylation sites (tertiary alicyclic amines) is 1. The van der Waals surface area contributed by atoms with Crippen molar-refractivity contribution in [3.63, 3.8) is 0 Å². The van der Waals surface area contributed by atoms with E-state index in [1.54, 1.807) is 12.1 Å². The molecule has 2 aliphatic heterocycles. The van der Waals surface area contributed by atoms with Gasteiger partial charge in [0.15, 0.2) is 0 Å². The van der Waals surface area contributed by atoms with Crippen molar-refractivity contribution in [2.45, 2.75) is 56.7 Å². The van der Waals surface area contributed by atoms with Gasteiger partial charge in [-0.15, -0.1) is 0 Å². The van der Waals surface area contributed by atoms with Gasteiger partial charge in [0.2, 0.25) is 0 Å². The summed E-state index contributed by atoms with van der Waals surface area (Å²) < 4.78 is 1.94. The molecule has 1 saturated heterocycles. The molecule has 33 heavy (non-hydrogen) atoms. The van der Waals surface area contributed by atoms with Crippen LogP contribution in [0.5, 0.6) is 0 Å². The van der Waals surface area contributed by atoms with Crippen LogP contribution in [-0.2, 0) is 0 Å². The third-order valence-corrected chi connectivity index (χ3v) is 7.86. The molecule has 2 aromatic carbocycles. The van der Waals surface area contributed by atoms with Gasteiger partial charge in [-0.3, -0.25) is 19.1 Å². The lowest BCUT2D eigenvalue weighted by molar-refractivity contribution is 0.0464. The molecular formula is C26H28N4O3. The first kappa shape index (κ1) is 20.4. The summed E-state index contributed by atoms with van der Waals surface area (Å²) in [6.07, 6.45) is 5.63. The Balaban J connectivity index is 1.08. The number of carbonyl (C=O) groups is 2. The normalized spacial score (nSPS) is 24.5. The number of piperidine rings is 1. The van der Waals surface area contributed by atoms with Crippen LogP contribution in [-0.4, -0.2) is 56.3 Å². The smallest absolute Gasteiger partial charge is 0.306 e. The molecule has 0 unspecified atom stereocenters. The molecule has 3 heterocycles. The van der Waals surface area contributed by atoms with Crippen molar-refractivity contribution in [2.75, 3.05) is 13.1 Å². The molecule has 1 aliphatic carbocycles. The molecule has 2 amide bonds. The van der Waals surface area contributed by atoms with Gasteiger partial charge in [0.1, 0.15) is 0 Å². The third kappa shape index (κ3) is 3.33. The van der Waals surface area contributed by atoms with Crippen LogP contribution in [0.1, 0.15) is 65.3 Å². The number of carbonyl (C=O) groups excluding carboxylic acids is 2. The summed E-state index contributed by atoms with van der Waals surface area (Å²) in [5.41, 5.74) is 2.95. The molecule has 0 spiro atoms. The first-order valence-electron chi connectivity index (χ1n) is 12.0. The van der Waals surface area contributed by atoms with Gasteiger partial charge in [0.25, 0.3) is 11.8 Å². The zero-order chi connectivity index (χ0) is 22.5. The standard InChI is InChI=1S/C26H28N4O3/c31-24-20-5-1-2-6-21(20)25(32)30(24)18-11-9-17(10-12-18)28-15-13-19(14-16-28)29-23-8-4-3-7-22(23)27-26(29)33/h1-8,17-19H,9-16H2,(H,27,33)/t17-,18-. The molecule has 170 valence electrons. The minimum Gasteiger partial charge on any atom is -0.306 e. The van der Waals surface area contributed by atoms with E-state index < -0.39 is 0 Å². The second-order valence-electron chi connectivity index (χ2n) is 9.57. The van der Waals surface area contributed by atoms with Crippen molar-refractivity contribution >= 4 is 22.8 Å². The molecule has 0 radical (unpaired) electrons. The van der Waals surface area contributed by atoms with E-state index in [2.05, 4.69) is 9.88 Å². The molecule has 6 rings (SSSR count). The Kier molecular flexibility index (Phi) is 4.94. The number of nitrogens with one attached hydrogen (secondary N) is 1. The fourth-order valence-corrected chi connectivity index (χ4v) is 6.17. The SMILES string of the molecule is O=C1c2ccccc2C(=O)N1[C@H]1CC[C@H](N2CCC(n3c(=O)[nH]c4ccccc43)CC2)CC1. The van der Waals surface area contributed by atoms with Crippen LogP contribution in [0.4, 0.5) is 0 Å². The summed E-state index contributed by atoms with van der Waals surface area (Å²) in [6, 6.07) is 15.7. The van der Waals surface area contributed by atoms with Gasteiger partial charge < -0.3 is 9.88 Å². The van der Waals surface area contributed by atoms with E-state index in [0.717, 1.165) is 62.6 Å². The highest BCUT2D eigenvalue weighted by atomic mass is 16.2. The van der Waals surface area contributed by atoms with Crippen LogP contribution < -0.4 is 5.69 Å². The zero-order valence-corrected chi connectivity index (χ0v) is 18.6. The molecule has 0 bridgehead atoms. The molecule has 1 N–H and O–H groups in total. The van der Waals surface area contributed by atoms with Gasteiger partial charge in [-0.1, -0.05) is 24.3 Å². The third-order valence-electron chi connectivity index (χ3n) is 7.86. The maximum atomic E-state index is 12.8. The number of H-pyrrole nitrogens is 1. The van der Waals surface area contributed by atoms with Crippen LogP contribution in [0, 0.1) is 0 Å². The Labute approximate surface area is 192 Å². The molecule has 3 aromatic rings. The number of hydrogen-bond acceptors (Lipinski definition) is 4. The van der Waals surface area contributed by atoms with Crippen LogP contribution in [0.2, 0.25) is 0 Å². The second-order valence-corrected chi connectivity index (χ2v) is 9.57. The number of aromatic nitrogens is 2. The van der Waals surface area contributed by atoms with Crippen molar-refractivity contribution < 1.29 is 9.59 Å². The van der Waals surface area contributed by atoms with Crippen LogP contribution in [0.3, 0.4) is 0 Å². The second kappa shape index (κ2) is 7.99. The Morgan fingerprint density at radius 1 is 0.667 bits per heavy atom. The summed E-state index contributed by atoms with van der Waals surface area (Å²) in [4.78, 5) is 45.2. The molecular weight excluding hydrogens is 416 g/mol. The number of nitrogens with zero attached hydrogens (tertiary/aromatic N) is 3. The van der Waals surface area contributed by atoms with Gasteiger partial charge >= 0.3 is 5.69 Å². The molecule has 1 saturated carbocycles. The van der Waals surface area contributed by atoms with E-state index in [4.69, 9.17) is 0 Å². The number of amides is 2. The van der Waals surface area contributed by atoms with Crippen molar-refractivity contribution in [3.8, 4) is 0 Å². The largest absolute Gasteiger partial charge is 0.326 e. The maximum absolute atomic E-state index is 12.8. The number of aromatic amines is 1. The molecule has 7 nitrogen and oxygen atoms in total. The number of hydrogen-bond donors (Lipinski definition) is 1. The summed E-state index contributed by atoms with van der Waals surface area (Å²) in [7, 11) is 0. The summed E-state index contributed by atoms with van der Waals surface area (Å²) in [6.45, 7) is 1.94. The molecule has 1 aromatic heterocycles. The van der Waals surface area contributed by atoms with Gasteiger partial charge in [-0.2, -0.15) is 0 Å². The number of para-hydroxylation sites is 2. The van der Waals surface area contributed by atoms with Gasteiger partial charge in [-0.05, 0) is 62.8 Å². The highest BCUT2D eigenvalue weighted by Gasteiger charge is 2.41. The van der Waals surface area contributed by atoms with Crippen LogP contribution in [0.25, 0.3) is 11.0 Å². The lowest BCUT2D eigenvalue weighted by Gasteiger charge is -2.42. The molecule has 3 aliphatic rings. The highest BCUT2D eigenvalue weighted by Crippen LogP contribution is 2.34. The van der Waals surface area contributed by atoms with Crippen molar-refractivity contribution in [1.29, 1.82) is 0 Å². The summed E-state index contributed by atoms with van der Waals surface area (Å²) in [5, 5.41) is 0. The number of imidazole rings is 1. The summed E-state index contributed by atoms with van der Waals surface area (Å²) >= 11 is 0. The van der Waals surface area contributed by atoms with Gasteiger partial charge in [-0.25, -0.2) is 4.79 Å². The van der Waals surface area contributed by atoms with E-state index in [0.29, 0.717) is 17.2 Å². The number of rotatable bonds is 3. The Hall–Kier alpha value is -3.19. The lowest BCUT2D eigenvalue weighted by atomic mass is 9.88. The summed E-state index contributed by atoms with van der Waals surface area (Å²) in [5.74, 6) is -0.270. The van der Waals surface area contributed by atoms with E-state index in [-0.39, 0.29) is 29.6 Å². The van der Waals surface area contributed by atoms with Crippen molar-refractivity contribution in [2.24, 2.45) is 0 Å². The fraction of sp³-hybridized carbons (Fsp3) is 0.423. The predicted octanol–water partition coefficient (Wildman–Crippen LogP) is 3.57. The van der Waals surface area contributed by atoms with Gasteiger partial charge in [0.05, 0.1) is 22.2 Å². The first-order chi connectivity index (χ1) is 16.1. The molecule has 7 heteroatoms. The average Bonchev–Trinajstić information content (AvgIpc) is 3.32. The quantitative estimate of drug-likeness (QED) is 0.627. The monoisotopic (exact) mass is 444 g/mol. The predicted molar refractivity (Wildman–Crippen MR) is 125 cm³/mol. The average molecular weight is 445 g/mol. The number of fused-ring (bicyclic) bond motifs is 2. The van der Waals surface area contributed by atoms with Crippen molar-refractivity contribution in [3.05, 3.63) is 70.1 Å². The van der Waals surface area contributed by atoms with Gasteiger partial charge in [0, 0.05) is 31.2 Å². The molecule has 2 fully saturated rings. The zero-order valence-electron chi connectivity index (χ0n) is 18.6. The van der Waals surface area contributed by atoms with E-state index in [1.807, 2.05) is 41.0 Å². The fourth-order valence-electron chi connectivity index (χ4n) is 6.17. The topological polar surface area (TPSA) is 78.4 Å². The number of imide groups is 1. The minimum atomic E-state index is -0.135. The van der Waals surface area contributed by atoms with E-state index in [1.165, 1.54) is 4.90 Å². The van der Waals surface area contributed by atoms with Crippen molar-refractivity contribution in [1.82, 2.24) is 19.4 Å². The number of benzene rings is 2. The maximum Gasteiger partial charge on any atom is 0.326 e. The Bertz CT molecular complexity index is 1240. The Morgan fingerprint density at radius 2 is 1.24 bits per heavy atom. The highest BCUT2D eigenvalue weighted by molar-refractivity contribution is 6.21. The van der Waals surface area contributed by atoms with Crippen LogP contribution in [0.15, 0.2) is 53.3 Å². The Morgan fingerprint density at radius 3 is 1.91 bits per heavy atom. The van der Waals surface area contributed by atoms with E-state index in [9.17, 15) is 14.4 Å². The first-order valence-corrected chi connectivity index (χ1v) is 12.0. The van der Waals surface area contributed by atoms with Crippen LogP contribution >= 0.6 is 0 Å². The van der Waals surface area contributed by atoms with E-state index >= 15 is 0 Å². The minimum absolute atomic E-state index is 0.00372. The molecule has 0 atom stereocenters.